The Morgan fingerprint density at radius 3 is 2.74 bits per heavy atom. The predicted molar refractivity (Wildman–Crippen MR) is 107 cm³/mol. The lowest BCUT2D eigenvalue weighted by Gasteiger charge is -2.09. The molecule has 5 nitrogen and oxygen atoms in total. The molecule has 0 saturated heterocycles. The predicted octanol–water partition coefficient (Wildman–Crippen LogP) is 3.14. The highest BCUT2D eigenvalue weighted by atomic mass is 16.5. The molecule has 5 heteroatoms. The van der Waals surface area contributed by atoms with Crippen LogP contribution in [0, 0.1) is 6.92 Å². The van der Waals surface area contributed by atoms with E-state index in [2.05, 4.69) is 10.3 Å². The molecule has 0 radical (unpaired) electrons. The molecule has 0 fully saturated rings. The topological polar surface area (TPSA) is 71.2 Å². The fraction of sp³-hybridized carbons (Fsp3) is 0.273. The number of benzene rings is 2. The van der Waals surface area contributed by atoms with Crippen molar-refractivity contribution in [3.63, 3.8) is 0 Å². The third-order valence-electron chi connectivity index (χ3n) is 4.64. The van der Waals surface area contributed by atoms with Gasteiger partial charge in [0.2, 0.25) is 5.91 Å². The molecule has 2 N–H and O–H groups in total. The van der Waals surface area contributed by atoms with Gasteiger partial charge in [0.05, 0.1) is 7.11 Å². The second kappa shape index (κ2) is 8.54. The summed E-state index contributed by atoms with van der Waals surface area (Å²) in [5, 5.41) is 3.95. The zero-order valence-electron chi connectivity index (χ0n) is 15.7. The molecule has 0 aliphatic heterocycles. The number of hydrogen-bond donors (Lipinski definition) is 2. The van der Waals surface area contributed by atoms with E-state index in [0.29, 0.717) is 24.9 Å². The number of nitrogens with one attached hydrogen (secondary N) is 2. The minimum absolute atomic E-state index is 0.0302. The van der Waals surface area contributed by atoms with Crippen LogP contribution in [0.3, 0.4) is 0 Å². The molecule has 0 saturated carbocycles. The van der Waals surface area contributed by atoms with Crippen LogP contribution in [0.2, 0.25) is 0 Å². The molecule has 0 bridgehead atoms. The van der Waals surface area contributed by atoms with E-state index in [1.807, 2.05) is 48.5 Å². The van der Waals surface area contributed by atoms with Gasteiger partial charge in [0.25, 0.3) is 5.56 Å². The Balaban J connectivity index is 1.52. The number of carbonyl (C=O) groups excluding carboxylic acids is 1. The summed E-state index contributed by atoms with van der Waals surface area (Å²) in [4.78, 5) is 26.7. The summed E-state index contributed by atoms with van der Waals surface area (Å²) in [5.74, 6) is 0.874. The highest BCUT2D eigenvalue weighted by Crippen LogP contribution is 2.17. The standard InChI is InChI=1S/C22H24N2O3/c1-15-13-18-14-16(7-9-19(18)24-22(15)26)8-10-21(25)23-12-11-17-5-3-4-6-20(17)27-2/h3-7,9,13-14H,8,10-12H2,1-2H3,(H,23,25)(H,24,26). The van der Waals surface area contributed by atoms with Crippen molar-refractivity contribution in [1.82, 2.24) is 10.3 Å². The highest BCUT2D eigenvalue weighted by molar-refractivity contribution is 5.80. The van der Waals surface area contributed by atoms with Crippen LogP contribution in [-0.4, -0.2) is 24.5 Å². The van der Waals surface area contributed by atoms with Crippen LogP contribution in [-0.2, 0) is 17.6 Å². The van der Waals surface area contributed by atoms with Crippen molar-refractivity contribution in [2.45, 2.75) is 26.2 Å². The maximum absolute atomic E-state index is 12.1. The summed E-state index contributed by atoms with van der Waals surface area (Å²) < 4.78 is 5.32. The molecule has 0 aliphatic rings. The number of aromatic nitrogens is 1. The van der Waals surface area contributed by atoms with Crippen molar-refractivity contribution in [2.75, 3.05) is 13.7 Å². The van der Waals surface area contributed by atoms with Gasteiger partial charge < -0.3 is 15.0 Å². The Hall–Kier alpha value is -3.08. The summed E-state index contributed by atoms with van der Waals surface area (Å²) in [6, 6.07) is 15.6. The molecule has 1 aromatic heterocycles. The van der Waals surface area contributed by atoms with Crippen LogP contribution in [0.4, 0.5) is 0 Å². The zero-order valence-corrected chi connectivity index (χ0v) is 15.7. The number of H-pyrrole nitrogens is 1. The third kappa shape index (κ3) is 4.76. The number of fused-ring (bicyclic) bond motifs is 1. The number of pyridine rings is 1. The second-order valence-electron chi connectivity index (χ2n) is 6.61. The molecular weight excluding hydrogens is 340 g/mol. The lowest BCUT2D eigenvalue weighted by atomic mass is 10.1. The van der Waals surface area contributed by atoms with E-state index < -0.39 is 0 Å². The summed E-state index contributed by atoms with van der Waals surface area (Å²) in [7, 11) is 1.65. The van der Waals surface area contributed by atoms with E-state index in [0.717, 1.165) is 34.2 Å². The zero-order chi connectivity index (χ0) is 19.2. The summed E-state index contributed by atoms with van der Waals surface area (Å²) in [5.41, 5.74) is 3.60. The Kier molecular flexibility index (Phi) is 5.91. The minimum Gasteiger partial charge on any atom is -0.496 e. The van der Waals surface area contributed by atoms with Crippen molar-refractivity contribution in [3.05, 3.63) is 75.6 Å². The normalized spacial score (nSPS) is 10.7. The first-order valence-corrected chi connectivity index (χ1v) is 9.08. The molecule has 0 spiro atoms. The largest absolute Gasteiger partial charge is 0.496 e. The number of para-hydroxylation sites is 1. The first-order valence-electron chi connectivity index (χ1n) is 9.08. The first kappa shape index (κ1) is 18.7. The van der Waals surface area contributed by atoms with E-state index in [-0.39, 0.29) is 11.5 Å². The van der Waals surface area contributed by atoms with Crippen molar-refractivity contribution < 1.29 is 9.53 Å². The molecule has 27 heavy (non-hydrogen) atoms. The summed E-state index contributed by atoms with van der Waals surface area (Å²) >= 11 is 0. The molecule has 1 amide bonds. The van der Waals surface area contributed by atoms with E-state index in [4.69, 9.17) is 4.74 Å². The quantitative estimate of drug-likeness (QED) is 0.677. The lowest BCUT2D eigenvalue weighted by Crippen LogP contribution is -2.26. The Bertz CT molecular complexity index is 1010. The van der Waals surface area contributed by atoms with Gasteiger partial charge in [-0.25, -0.2) is 0 Å². The number of carbonyl (C=O) groups is 1. The Morgan fingerprint density at radius 1 is 1.11 bits per heavy atom. The smallest absolute Gasteiger partial charge is 0.251 e. The number of aromatic amines is 1. The highest BCUT2D eigenvalue weighted by Gasteiger charge is 2.06. The molecule has 3 aromatic rings. The van der Waals surface area contributed by atoms with Gasteiger partial charge in [0.1, 0.15) is 5.75 Å². The van der Waals surface area contributed by atoms with E-state index >= 15 is 0 Å². The molecule has 140 valence electrons. The number of hydrogen-bond acceptors (Lipinski definition) is 3. The van der Waals surface area contributed by atoms with Gasteiger partial charge >= 0.3 is 0 Å². The van der Waals surface area contributed by atoms with Crippen LogP contribution in [0.5, 0.6) is 5.75 Å². The first-order chi connectivity index (χ1) is 13.1. The fourth-order valence-electron chi connectivity index (χ4n) is 3.11. The van der Waals surface area contributed by atoms with Crippen LogP contribution < -0.4 is 15.6 Å². The van der Waals surface area contributed by atoms with Crippen LogP contribution in [0.15, 0.2) is 53.3 Å². The molecule has 2 aromatic carbocycles. The SMILES string of the molecule is COc1ccccc1CCNC(=O)CCc1ccc2[nH]c(=O)c(C)cc2c1. The summed E-state index contributed by atoms with van der Waals surface area (Å²) in [6.45, 7) is 2.37. The molecule has 0 atom stereocenters. The van der Waals surface area contributed by atoms with Crippen LogP contribution in [0.1, 0.15) is 23.1 Å². The Labute approximate surface area is 158 Å². The third-order valence-corrected chi connectivity index (χ3v) is 4.64. The lowest BCUT2D eigenvalue weighted by molar-refractivity contribution is -0.121. The van der Waals surface area contributed by atoms with Gasteiger partial charge in [0, 0.05) is 24.0 Å². The van der Waals surface area contributed by atoms with Crippen molar-refractivity contribution in [3.8, 4) is 5.75 Å². The van der Waals surface area contributed by atoms with Crippen molar-refractivity contribution in [1.29, 1.82) is 0 Å². The average Bonchev–Trinajstić information content (AvgIpc) is 2.67. The molecule has 0 aliphatic carbocycles. The number of rotatable bonds is 7. The van der Waals surface area contributed by atoms with Crippen molar-refractivity contribution in [2.24, 2.45) is 0 Å². The second-order valence-corrected chi connectivity index (χ2v) is 6.61. The van der Waals surface area contributed by atoms with Crippen molar-refractivity contribution >= 4 is 16.8 Å². The maximum atomic E-state index is 12.1. The van der Waals surface area contributed by atoms with E-state index in [9.17, 15) is 9.59 Å². The Morgan fingerprint density at radius 2 is 1.93 bits per heavy atom. The van der Waals surface area contributed by atoms with Gasteiger partial charge in [-0.1, -0.05) is 24.3 Å². The van der Waals surface area contributed by atoms with Gasteiger partial charge in [-0.05, 0) is 60.5 Å². The number of ether oxygens (including phenoxy) is 1. The molecule has 3 rings (SSSR count). The number of aryl methyl sites for hydroxylation is 2. The van der Waals surface area contributed by atoms with Crippen LogP contribution in [0.25, 0.3) is 10.9 Å². The molecule has 0 unspecified atom stereocenters. The minimum atomic E-state index is -0.0651. The molecule has 1 heterocycles. The number of amides is 1. The van der Waals surface area contributed by atoms with Gasteiger partial charge in [0.15, 0.2) is 0 Å². The van der Waals surface area contributed by atoms with Gasteiger partial charge in [-0.15, -0.1) is 0 Å². The summed E-state index contributed by atoms with van der Waals surface area (Å²) in [6.07, 6.45) is 1.83. The monoisotopic (exact) mass is 364 g/mol. The van der Waals surface area contributed by atoms with Crippen LogP contribution >= 0.6 is 0 Å². The van der Waals surface area contributed by atoms with E-state index in [1.54, 1.807) is 14.0 Å². The van der Waals surface area contributed by atoms with Gasteiger partial charge in [-0.3, -0.25) is 9.59 Å². The number of methoxy groups -OCH3 is 1. The molecular formula is C22H24N2O3. The van der Waals surface area contributed by atoms with E-state index in [1.165, 1.54) is 0 Å². The fourth-order valence-corrected chi connectivity index (χ4v) is 3.11. The van der Waals surface area contributed by atoms with Gasteiger partial charge in [-0.2, -0.15) is 0 Å². The maximum Gasteiger partial charge on any atom is 0.251 e. The average molecular weight is 364 g/mol.